The predicted molar refractivity (Wildman–Crippen MR) is 98.3 cm³/mol. The van der Waals surface area contributed by atoms with E-state index in [1.807, 2.05) is 24.3 Å². The number of aryl methyl sites for hydroxylation is 2. The average molecular weight is 345 g/mol. The first-order chi connectivity index (χ1) is 11.5. The molecule has 1 aliphatic rings. The molecule has 128 valence electrons. The minimum absolute atomic E-state index is 0.162. The van der Waals surface area contributed by atoms with E-state index in [4.69, 9.17) is 11.6 Å². The van der Waals surface area contributed by atoms with Crippen LogP contribution in [0.1, 0.15) is 43.9 Å². The molecule has 0 radical (unpaired) electrons. The van der Waals surface area contributed by atoms with Gasteiger partial charge >= 0.3 is 0 Å². The number of carbonyl (C=O) groups is 1. The van der Waals surface area contributed by atoms with E-state index in [1.54, 1.807) is 0 Å². The van der Waals surface area contributed by atoms with Crippen LogP contribution in [0, 0.1) is 0 Å². The van der Waals surface area contributed by atoms with Gasteiger partial charge in [0.2, 0.25) is 5.91 Å². The number of amides is 1. The molecule has 0 unspecified atom stereocenters. The Hall–Kier alpha value is -1.74. The Bertz CT molecular complexity index is 701. The van der Waals surface area contributed by atoms with E-state index in [9.17, 15) is 4.79 Å². The summed E-state index contributed by atoms with van der Waals surface area (Å²) in [5.41, 5.74) is 2.03. The minimum atomic E-state index is -0.357. The molecule has 1 amide bonds. The van der Waals surface area contributed by atoms with E-state index in [1.165, 1.54) is 5.69 Å². The van der Waals surface area contributed by atoms with Gasteiger partial charge in [-0.25, -0.2) is 0 Å². The van der Waals surface area contributed by atoms with Crippen molar-refractivity contribution < 1.29 is 4.79 Å². The van der Waals surface area contributed by atoms with Gasteiger partial charge in [0.25, 0.3) is 0 Å². The number of halogens is 1. The van der Waals surface area contributed by atoms with E-state index >= 15 is 0 Å². The van der Waals surface area contributed by atoms with Gasteiger partial charge in [-0.05, 0) is 62.4 Å². The lowest BCUT2D eigenvalue weighted by Crippen LogP contribution is -2.51. The van der Waals surface area contributed by atoms with Gasteiger partial charge in [0.05, 0.1) is 5.41 Å². The molecule has 3 rings (SSSR count). The maximum Gasteiger partial charge on any atom is 0.230 e. The molecule has 1 N–H and O–H groups in total. The van der Waals surface area contributed by atoms with Crippen molar-refractivity contribution >= 4 is 17.5 Å². The molecule has 2 aromatic rings. The van der Waals surface area contributed by atoms with Crippen LogP contribution in [-0.4, -0.2) is 16.5 Å². The molecular weight excluding hydrogens is 320 g/mol. The summed E-state index contributed by atoms with van der Waals surface area (Å²) in [5, 5.41) is 3.95. The monoisotopic (exact) mass is 344 g/mol. The smallest absolute Gasteiger partial charge is 0.230 e. The lowest BCUT2D eigenvalue weighted by Gasteiger charge is -2.41. The Morgan fingerprint density at radius 1 is 1.29 bits per heavy atom. The third-order valence-corrected chi connectivity index (χ3v) is 5.55. The van der Waals surface area contributed by atoms with E-state index in [0.29, 0.717) is 5.02 Å². The summed E-state index contributed by atoms with van der Waals surface area (Å²) < 4.78 is 2.13. The first-order valence-electron chi connectivity index (χ1n) is 8.68. The van der Waals surface area contributed by atoms with E-state index in [0.717, 1.165) is 37.7 Å². The van der Waals surface area contributed by atoms with Crippen LogP contribution >= 0.6 is 11.6 Å². The summed E-state index contributed by atoms with van der Waals surface area (Å²) in [5.74, 6) is 0.162. The second kappa shape index (κ2) is 7.02. The highest BCUT2D eigenvalue weighted by molar-refractivity contribution is 6.30. The minimum Gasteiger partial charge on any atom is -0.354 e. The number of carbonyl (C=O) groups excluding carboxylic acids is 1. The zero-order valence-corrected chi connectivity index (χ0v) is 15.1. The highest BCUT2D eigenvalue weighted by Crippen LogP contribution is 2.44. The van der Waals surface area contributed by atoms with Gasteiger partial charge in [-0.1, -0.05) is 30.2 Å². The van der Waals surface area contributed by atoms with Gasteiger partial charge in [-0.3, -0.25) is 4.79 Å². The molecule has 0 spiro atoms. The van der Waals surface area contributed by atoms with Crippen molar-refractivity contribution in [2.24, 2.45) is 7.05 Å². The molecule has 1 aromatic carbocycles. The van der Waals surface area contributed by atoms with E-state index < -0.39 is 0 Å². The van der Waals surface area contributed by atoms with E-state index in [2.05, 4.69) is 42.2 Å². The molecule has 1 atom stereocenters. The van der Waals surface area contributed by atoms with E-state index in [-0.39, 0.29) is 17.4 Å². The maximum atomic E-state index is 12.9. The molecule has 24 heavy (non-hydrogen) atoms. The number of nitrogens with zero attached hydrogens (tertiary/aromatic N) is 1. The van der Waals surface area contributed by atoms with Crippen molar-refractivity contribution in [2.75, 3.05) is 0 Å². The van der Waals surface area contributed by atoms with Crippen molar-refractivity contribution in [1.82, 2.24) is 9.88 Å². The Kier molecular flexibility index (Phi) is 5.00. The van der Waals surface area contributed by atoms with Crippen molar-refractivity contribution in [3.8, 4) is 0 Å². The fourth-order valence-corrected chi connectivity index (χ4v) is 3.63. The molecular formula is C20H25ClN2O. The fourth-order valence-electron chi connectivity index (χ4n) is 3.50. The summed E-state index contributed by atoms with van der Waals surface area (Å²) >= 11 is 5.99. The first kappa shape index (κ1) is 17.1. The van der Waals surface area contributed by atoms with Crippen LogP contribution in [0.15, 0.2) is 42.6 Å². The number of benzene rings is 1. The van der Waals surface area contributed by atoms with Crippen LogP contribution in [0.25, 0.3) is 0 Å². The van der Waals surface area contributed by atoms with Gasteiger partial charge in [-0.2, -0.15) is 0 Å². The number of nitrogens with one attached hydrogen (secondary N) is 1. The Labute approximate surface area is 149 Å². The third kappa shape index (κ3) is 3.36. The van der Waals surface area contributed by atoms with Crippen molar-refractivity contribution in [3.63, 3.8) is 0 Å². The van der Waals surface area contributed by atoms with Crippen LogP contribution in [-0.2, 0) is 23.7 Å². The SMILES string of the molecule is C[C@H](CCc1cccn1C)NC(=O)C1(c2ccc(Cl)cc2)CCC1. The maximum absolute atomic E-state index is 12.9. The number of aromatic nitrogens is 1. The lowest BCUT2D eigenvalue weighted by molar-refractivity contribution is -0.130. The standard InChI is InChI=1S/C20H25ClN2O/c1-15(6-11-18-5-3-14-23(18)2)22-19(24)20(12-4-13-20)16-7-9-17(21)10-8-16/h3,5,7-10,14-15H,4,6,11-13H2,1-2H3,(H,22,24)/t15-/m1/s1. The predicted octanol–water partition coefficient (Wildman–Crippen LogP) is 4.24. The Morgan fingerprint density at radius 2 is 2.00 bits per heavy atom. The van der Waals surface area contributed by atoms with Crippen LogP contribution in [0.3, 0.4) is 0 Å². The van der Waals surface area contributed by atoms with Gasteiger partial charge in [-0.15, -0.1) is 0 Å². The number of rotatable bonds is 6. The molecule has 1 saturated carbocycles. The average Bonchev–Trinajstić information content (AvgIpc) is 2.91. The zero-order valence-electron chi connectivity index (χ0n) is 14.4. The molecule has 1 fully saturated rings. The summed E-state index contributed by atoms with van der Waals surface area (Å²) in [4.78, 5) is 12.9. The molecule has 3 nitrogen and oxygen atoms in total. The van der Waals surface area contributed by atoms with Crippen LogP contribution < -0.4 is 5.32 Å². The quantitative estimate of drug-likeness (QED) is 0.835. The van der Waals surface area contributed by atoms with Crippen LogP contribution in [0.2, 0.25) is 5.02 Å². The molecule has 1 aromatic heterocycles. The van der Waals surface area contributed by atoms with Crippen LogP contribution in [0.4, 0.5) is 0 Å². The largest absolute Gasteiger partial charge is 0.354 e. The second-order valence-electron chi connectivity index (χ2n) is 6.97. The second-order valence-corrected chi connectivity index (χ2v) is 7.40. The Morgan fingerprint density at radius 3 is 2.54 bits per heavy atom. The zero-order chi connectivity index (χ0) is 17.2. The number of hydrogen-bond acceptors (Lipinski definition) is 1. The van der Waals surface area contributed by atoms with Gasteiger partial charge in [0.15, 0.2) is 0 Å². The third-order valence-electron chi connectivity index (χ3n) is 5.30. The highest BCUT2D eigenvalue weighted by atomic mass is 35.5. The molecule has 0 saturated heterocycles. The van der Waals surface area contributed by atoms with Crippen molar-refractivity contribution in [3.05, 3.63) is 58.9 Å². The molecule has 0 aliphatic heterocycles. The van der Waals surface area contributed by atoms with Gasteiger partial charge in [0.1, 0.15) is 0 Å². The Balaban J connectivity index is 1.62. The number of hydrogen-bond donors (Lipinski definition) is 1. The topological polar surface area (TPSA) is 34.0 Å². The van der Waals surface area contributed by atoms with Crippen molar-refractivity contribution in [2.45, 2.75) is 50.5 Å². The highest BCUT2D eigenvalue weighted by Gasteiger charge is 2.45. The summed E-state index contributed by atoms with van der Waals surface area (Å²) in [6.45, 7) is 2.09. The summed E-state index contributed by atoms with van der Waals surface area (Å²) in [6.07, 6.45) is 6.92. The molecule has 0 bridgehead atoms. The van der Waals surface area contributed by atoms with Gasteiger partial charge < -0.3 is 9.88 Å². The molecule has 1 heterocycles. The lowest BCUT2D eigenvalue weighted by atomic mass is 9.63. The summed E-state index contributed by atoms with van der Waals surface area (Å²) in [6, 6.07) is 12.1. The fraction of sp³-hybridized carbons (Fsp3) is 0.450. The summed E-state index contributed by atoms with van der Waals surface area (Å²) in [7, 11) is 2.06. The first-order valence-corrected chi connectivity index (χ1v) is 9.06. The van der Waals surface area contributed by atoms with Crippen molar-refractivity contribution in [1.29, 1.82) is 0 Å². The molecule has 1 aliphatic carbocycles. The normalized spacial score (nSPS) is 17.1. The van der Waals surface area contributed by atoms with Crippen LogP contribution in [0.5, 0.6) is 0 Å². The van der Waals surface area contributed by atoms with Gasteiger partial charge in [0, 0.05) is 30.0 Å². The molecule has 4 heteroatoms.